The number of aryl methyl sites for hydroxylation is 2. The van der Waals surface area contributed by atoms with Crippen LogP contribution in [0.25, 0.3) is 0 Å². The van der Waals surface area contributed by atoms with Crippen molar-refractivity contribution < 1.29 is 4.79 Å². The Morgan fingerprint density at radius 3 is 2.44 bits per heavy atom. The van der Waals surface area contributed by atoms with Gasteiger partial charge in [-0.05, 0) is 36.1 Å². The Labute approximate surface area is 168 Å². The molecule has 0 atom stereocenters. The number of halogens is 2. The first-order chi connectivity index (χ1) is 13.1. The van der Waals surface area contributed by atoms with Crippen molar-refractivity contribution in [2.45, 2.75) is 12.8 Å². The van der Waals surface area contributed by atoms with E-state index in [-0.39, 0.29) is 5.91 Å². The van der Waals surface area contributed by atoms with Gasteiger partial charge in [-0.15, -0.1) is 0 Å². The Morgan fingerprint density at radius 1 is 0.889 bits per heavy atom. The molecule has 3 aromatic rings. The number of hydrogen-bond donors (Lipinski definition) is 1. The van der Waals surface area contributed by atoms with Crippen molar-refractivity contribution in [1.82, 2.24) is 5.43 Å². The number of hydrazone groups is 1. The lowest BCUT2D eigenvalue weighted by atomic mass is 9.99. The molecule has 1 N–H and O–H groups in total. The fourth-order valence-electron chi connectivity index (χ4n) is 2.72. The summed E-state index contributed by atoms with van der Waals surface area (Å²) in [4.78, 5) is 12.5. The van der Waals surface area contributed by atoms with Gasteiger partial charge in [0.2, 0.25) is 0 Å². The minimum Gasteiger partial charge on any atom is -0.267 e. The molecule has 27 heavy (non-hydrogen) atoms. The minimum absolute atomic E-state index is 0.256. The number of amides is 1. The molecule has 0 radical (unpaired) electrons. The number of nitrogens with one attached hydrogen (secondary N) is 1. The van der Waals surface area contributed by atoms with E-state index in [4.69, 9.17) is 23.2 Å². The van der Waals surface area contributed by atoms with Gasteiger partial charge in [0.1, 0.15) is 0 Å². The average Bonchev–Trinajstić information content (AvgIpc) is 2.70. The minimum atomic E-state index is -0.256. The van der Waals surface area contributed by atoms with E-state index in [1.54, 1.807) is 24.3 Å². The SMILES string of the molecule is O=C(NN=Cc1cccc(Cl)c1Cl)c1ccccc1CCc1ccccc1. The predicted molar refractivity (Wildman–Crippen MR) is 112 cm³/mol. The molecule has 0 heterocycles. The number of hydrogen-bond acceptors (Lipinski definition) is 2. The van der Waals surface area contributed by atoms with E-state index in [0.717, 1.165) is 18.4 Å². The van der Waals surface area contributed by atoms with Crippen LogP contribution in [0.2, 0.25) is 10.0 Å². The molecule has 0 aliphatic rings. The van der Waals surface area contributed by atoms with Crippen molar-refractivity contribution in [1.29, 1.82) is 0 Å². The zero-order chi connectivity index (χ0) is 19.1. The third-order valence-corrected chi connectivity index (χ3v) is 4.97. The standard InChI is InChI=1S/C22H18Cl2N2O/c23-20-12-6-10-18(21(20)24)15-25-26-22(27)19-11-5-4-9-17(19)14-13-16-7-2-1-3-8-16/h1-12,15H,13-14H2,(H,26,27). The van der Waals surface area contributed by atoms with E-state index >= 15 is 0 Å². The second-order valence-corrected chi connectivity index (χ2v) is 6.77. The van der Waals surface area contributed by atoms with Crippen LogP contribution >= 0.6 is 23.2 Å². The fourth-order valence-corrected chi connectivity index (χ4v) is 3.08. The predicted octanol–water partition coefficient (Wildman–Crippen LogP) is 5.54. The molecule has 3 rings (SSSR count). The Hall–Kier alpha value is -2.62. The smallest absolute Gasteiger partial charge is 0.267 e. The lowest BCUT2D eigenvalue weighted by Crippen LogP contribution is -2.19. The number of nitrogens with zero attached hydrogens (tertiary/aromatic N) is 1. The Morgan fingerprint density at radius 2 is 1.63 bits per heavy atom. The molecule has 1 amide bonds. The first-order valence-electron chi connectivity index (χ1n) is 8.54. The summed E-state index contributed by atoms with van der Waals surface area (Å²) in [6.07, 6.45) is 3.13. The Bertz CT molecular complexity index is 956. The van der Waals surface area contributed by atoms with Gasteiger partial charge < -0.3 is 0 Å². The summed E-state index contributed by atoms with van der Waals surface area (Å²) in [5.41, 5.74) is 6.03. The molecule has 0 aliphatic carbocycles. The molecule has 0 saturated heterocycles. The van der Waals surface area contributed by atoms with Gasteiger partial charge in [0.05, 0.1) is 16.3 Å². The van der Waals surface area contributed by atoms with Gasteiger partial charge >= 0.3 is 0 Å². The quantitative estimate of drug-likeness (QED) is 0.431. The van der Waals surface area contributed by atoms with Crippen LogP contribution in [0, 0.1) is 0 Å². The zero-order valence-electron chi connectivity index (χ0n) is 14.5. The highest BCUT2D eigenvalue weighted by atomic mass is 35.5. The van der Waals surface area contributed by atoms with Crippen LogP contribution in [0.5, 0.6) is 0 Å². The third-order valence-electron chi connectivity index (χ3n) is 4.14. The second kappa shape index (κ2) is 9.36. The van der Waals surface area contributed by atoms with E-state index in [2.05, 4.69) is 22.7 Å². The highest BCUT2D eigenvalue weighted by Gasteiger charge is 2.10. The number of carbonyl (C=O) groups is 1. The normalized spacial score (nSPS) is 10.9. The lowest BCUT2D eigenvalue weighted by Gasteiger charge is -2.08. The molecule has 0 bridgehead atoms. The van der Waals surface area contributed by atoms with Crippen LogP contribution in [-0.4, -0.2) is 12.1 Å². The molecular formula is C22H18Cl2N2O. The maximum Gasteiger partial charge on any atom is 0.271 e. The van der Waals surface area contributed by atoms with Gasteiger partial charge in [0, 0.05) is 11.1 Å². The van der Waals surface area contributed by atoms with Gasteiger partial charge in [-0.25, -0.2) is 5.43 Å². The highest BCUT2D eigenvalue weighted by Crippen LogP contribution is 2.24. The monoisotopic (exact) mass is 396 g/mol. The van der Waals surface area contributed by atoms with Crippen LogP contribution in [0.4, 0.5) is 0 Å². The average molecular weight is 397 g/mol. The van der Waals surface area contributed by atoms with Crippen molar-refractivity contribution in [2.24, 2.45) is 5.10 Å². The highest BCUT2D eigenvalue weighted by molar-refractivity contribution is 6.43. The number of carbonyl (C=O) groups excluding carboxylic acids is 1. The largest absolute Gasteiger partial charge is 0.271 e. The van der Waals surface area contributed by atoms with Gasteiger partial charge in [0.25, 0.3) is 5.91 Å². The molecule has 3 aromatic carbocycles. The van der Waals surface area contributed by atoms with E-state index in [1.807, 2.05) is 36.4 Å². The molecule has 0 fully saturated rings. The van der Waals surface area contributed by atoms with Crippen molar-refractivity contribution in [2.75, 3.05) is 0 Å². The van der Waals surface area contributed by atoms with Gasteiger partial charge in [-0.2, -0.15) is 5.10 Å². The van der Waals surface area contributed by atoms with Crippen LogP contribution in [0.15, 0.2) is 77.9 Å². The first kappa shape index (κ1) is 19.2. The van der Waals surface area contributed by atoms with Crippen LogP contribution < -0.4 is 5.43 Å². The first-order valence-corrected chi connectivity index (χ1v) is 9.30. The van der Waals surface area contributed by atoms with E-state index in [1.165, 1.54) is 11.8 Å². The number of benzene rings is 3. The van der Waals surface area contributed by atoms with E-state index < -0.39 is 0 Å². The zero-order valence-corrected chi connectivity index (χ0v) is 16.0. The second-order valence-electron chi connectivity index (χ2n) is 5.98. The summed E-state index contributed by atoms with van der Waals surface area (Å²) in [5.74, 6) is -0.256. The van der Waals surface area contributed by atoms with Gasteiger partial charge in [-0.3, -0.25) is 4.79 Å². The molecule has 0 saturated carbocycles. The molecule has 0 spiro atoms. The molecular weight excluding hydrogens is 379 g/mol. The van der Waals surface area contributed by atoms with E-state index in [9.17, 15) is 4.79 Å². The summed E-state index contributed by atoms with van der Waals surface area (Å²) in [6, 6.07) is 23.0. The van der Waals surface area contributed by atoms with Crippen molar-refractivity contribution >= 4 is 35.3 Å². The molecule has 0 aromatic heterocycles. The molecule has 3 nitrogen and oxygen atoms in total. The third kappa shape index (κ3) is 5.19. The van der Waals surface area contributed by atoms with Crippen LogP contribution in [-0.2, 0) is 12.8 Å². The van der Waals surface area contributed by atoms with Gasteiger partial charge in [0.15, 0.2) is 0 Å². The summed E-state index contributed by atoms with van der Waals surface area (Å²) in [7, 11) is 0. The molecule has 5 heteroatoms. The van der Waals surface area contributed by atoms with Crippen LogP contribution in [0.1, 0.15) is 27.0 Å². The van der Waals surface area contributed by atoms with E-state index in [0.29, 0.717) is 21.2 Å². The van der Waals surface area contributed by atoms with Crippen molar-refractivity contribution in [3.05, 3.63) is 105 Å². The maximum absolute atomic E-state index is 12.5. The fraction of sp³-hybridized carbons (Fsp3) is 0.0909. The summed E-state index contributed by atoms with van der Waals surface area (Å²) >= 11 is 12.1. The summed E-state index contributed by atoms with van der Waals surface area (Å²) in [5, 5.41) is 4.86. The molecule has 136 valence electrons. The van der Waals surface area contributed by atoms with Crippen LogP contribution in [0.3, 0.4) is 0 Å². The Balaban J connectivity index is 1.68. The summed E-state index contributed by atoms with van der Waals surface area (Å²) < 4.78 is 0. The summed E-state index contributed by atoms with van der Waals surface area (Å²) in [6.45, 7) is 0. The van der Waals surface area contributed by atoms with Gasteiger partial charge in [-0.1, -0.05) is 83.9 Å². The Kier molecular flexibility index (Phi) is 6.64. The maximum atomic E-state index is 12.5. The van der Waals surface area contributed by atoms with Crippen molar-refractivity contribution in [3.63, 3.8) is 0 Å². The lowest BCUT2D eigenvalue weighted by molar-refractivity contribution is 0.0954. The topological polar surface area (TPSA) is 41.5 Å². The number of rotatable bonds is 6. The molecule has 0 unspecified atom stereocenters. The molecule has 0 aliphatic heterocycles. The van der Waals surface area contributed by atoms with Crippen molar-refractivity contribution in [3.8, 4) is 0 Å².